The van der Waals surface area contributed by atoms with E-state index < -0.39 is 0 Å². The summed E-state index contributed by atoms with van der Waals surface area (Å²) in [6.45, 7) is 4.92. The van der Waals surface area contributed by atoms with E-state index in [4.69, 9.17) is 9.15 Å². The summed E-state index contributed by atoms with van der Waals surface area (Å²) in [4.78, 5) is 18.6. The zero-order valence-corrected chi connectivity index (χ0v) is 13.6. The lowest BCUT2D eigenvalue weighted by Crippen LogP contribution is -2.43. The number of carbonyl (C=O) groups excluding carboxylic acids is 1. The number of carbonyl (C=O) groups is 1. The number of furan rings is 1. The van der Waals surface area contributed by atoms with Gasteiger partial charge in [-0.1, -0.05) is 0 Å². The first-order valence-corrected chi connectivity index (χ1v) is 8.67. The highest BCUT2D eigenvalue weighted by atomic mass is 32.1. The number of nitrogens with zero attached hydrogens (tertiary/aromatic N) is 2. The Morgan fingerprint density at radius 2 is 2.52 bits per heavy atom. The number of thiazole rings is 1. The zero-order chi connectivity index (χ0) is 15.7. The van der Waals surface area contributed by atoms with Gasteiger partial charge in [-0.2, -0.15) is 0 Å². The largest absolute Gasteiger partial charge is 0.472 e. The second-order valence-electron chi connectivity index (χ2n) is 6.43. The van der Waals surface area contributed by atoms with Crippen LogP contribution in [-0.4, -0.2) is 48.6 Å². The molecule has 2 aromatic rings. The van der Waals surface area contributed by atoms with Crippen molar-refractivity contribution in [3.63, 3.8) is 0 Å². The molecule has 4 heterocycles. The maximum atomic E-state index is 12.2. The van der Waals surface area contributed by atoms with Gasteiger partial charge in [-0.05, 0) is 6.07 Å². The molecule has 0 radical (unpaired) electrons. The van der Waals surface area contributed by atoms with Crippen molar-refractivity contribution in [3.05, 3.63) is 40.7 Å². The molecule has 0 bridgehead atoms. The second-order valence-corrected chi connectivity index (χ2v) is 7.15. The number of fused-ring (bicyclic) bond motifs is 1. The monoisotopic (exact) mass is 333 g/mol. The molecule has 23 heavy (non-hydrogen) atoms. The number of nitrogens with one attached hydrogen (secondary N) is 1. The van der Waals surface area contributed by atoms with Crippen molar-refractivity contribution in [2.75, 3.05) is 32.8 Å². The molecule has 0 saturated carbocycles. The van der Waals surface area contributed by atoms with Crippen molar-refractivity contribution < 1.29 is 13.9 Å². The van der Waals surface area contributed by atoms with E-state index in [2.05, 4.69) is 15.2 Å². The van der Waals surface area contributed by atoms with Crippen LogP contribution in [0.25, 0.3) is 0 Å². The first-order chi connectivity index (χ1) is 11.3. The zero-order valence-electron chi connectivity index (χ0n) is 12.7. The van der Waals surface area contributed by atoms with Gasteiger partial charge >= 0.3 is 0 Å². The van der Waals surface area contributed by atoms with Crippen LogP contribution in [0, 0.1) is 11.3 Å². The third kappa shape index (κ3) is 2.91. The first kappa shape index (κ1) is 14.9. The number of rotatable bonds is 5. The predicted octanol–water partition coefficient (Wildman–Crippen LogP) is 1.61. The van der Waals surface area contributed by atoms with Crippen LogP contribution >= 0.6 is 11.3 Å². The Balaban J connectivity index is 1.40. The van der Waals surface area contributed by atoms with Gasteiger partial charge < -0.3 is 14.5 Å². The highest BCUT2D eigenvalue weighted by molar-refractivity contribution is 7.07. The molecule has 4 rings (SSSR count). The van der Waals surface area contributed by atoms with Crippen LogP contribution in [0.15, 0.2) is 33.9 Å². The summed E-state index contributed by atoms with van der Waals surface area (Å²) in [5.41, 5.74) is 3.37. The van der Waals surface area contributed by atoms with Crippen LogP contribution in [0.3, 0.4) is 0 Å². The summed E-state index contributed by atoms with van der Waals surface area (Å²) in [6, 6.07) is 2.00. The summed E-state index contributed by atoms with van der Waals surface area (Å²) in [6.07, 6.45) is 3.50. The molecular weight excluding hydrogens is 314 g/mol. The van der Waals surface area contributed by atoms with E-state index in [1.165, 1.54) is 16.9 Å². The molecule has 2 atom stereocenters. The van der Waals surface area contributed by atoms with E-state index in [0.29, 0.717) is 24.8 Å². The molecule has 1 amide bonds. The Morgan fingerprint density at radius 1 is 1.57 bits per heavy atom. The van der Waals surface area contributed by atoms with Crippen LogP contribution < -0.4 is 5.32 Å². The molecular formula is C16H19N3O3S. The molecule has 2 fully saturated rings. The maximum Gasteiger partial charge on any atom is 0.270 e. The summed E-state index contributed by atoms with van der Waals surface area (Å²) in [5, 5.41) is 4.82. The van der Waals surface area contributed by atoms with E-state index in [1.807, 2.05) is 6.07 Å². The summed E-state index contributed by atoms with van der Waals surface area (Å²) in [7, 11) is 0. The molecule has 6 nitrogen and oxygen atoms in total. The van der Waals surface area contributed by atoms with Gasteiger partial charge in [0.1, 0.15) is 5.69 Å². The molecule has 2 aliphatic heterocycles. The lowest BCUT2D eigenvalue weighted by atomic mass is 9.81. The number of ether oxygens (including phenoxy) is 1. The first-order valence-electron chi connectivity index (χ1n) is 7.73. The molecule has 0 aromatic carbocycles. The number of hydrogen-bond donors (Lipinski definition) is 1. The third-order valence-corrected chi connectivity index (χ3v) is 5.43. The van der Waals surface area contributed by atoms with E-state index in [-0.39, 0.29) is 11.3 Å². The van der Waals surface area contributed by atoms with Crippen LogP contribution in [0.4, 0.5) is 0 Å². The van der Waals surface area contributed by atoms with Crippen LogP contribution in [0.1, 0.15) is 16.1 Å². The second kappa shape index (κ2) is 6.07. The summed E-state index contributed by atoms with van der Waals surface area (Å²) in [5.74, 6) is 0.365. The highest BCUT2D eigenvalue weighted by Gasteiger charge is 2.50. The molecule has 1 N–H and O–H groups in total. The maximum absolute atomic E-state index is 12.2. The molecule has 0 spiro atoms. The number of amides is 1. The molecule has 0 unspecified atom stereocenters. The lowest BCUT2D eigenvalue weighted by molar-refractivity contribution is 0.0900. The fourth-order valence-electron chi connectivity index (χ4n) is 3.63. The van der Waals surface area contributed by atoms with Crippen LogP contribution in [-0.2, 0) is 11.3 Å². The average Bonchev–Trinajstić information content (AvgIpc) is 3.29. The molecule has 0 aliphatic carbocycles. The standard InChI is InChI=1S/C16H19N3O3S/c20-15(14-7-23-11-18-14)17-8-16-9-19(3-12-1-2-21-5-12)4-13(16)6-22-10-16/h1-2,5,7,11,13H,3-4,6,8-10H2,(H,17,20)/t13-,16+/m0/s1. The topological polar surface area (TPSA) is 67.6 Å². The molecule has 2 saturated heterocycles. The van der Waals surface area contributed by atoms with Gasteiger partial charge in [0.25, 0.3) is 5.91 Å². The lowest BCUT2D eigenvalue weighted by Gasteiger charge is -2.27. The summed E-state index contributed by atoms with van der Waals surface area (Å²) >= 11 is 1.43. The number of aromatic nitrogens is 1. The molecule has 122 valence electrons. The highest BCUT2D eigenvalue weighted by Crippen LogP contribution is 2.41. The number of hydrogen-bond acceptors (Lipinski definition) is 6. The Bertz CT molecular complexity index is 658. The van der Waals surface area contributed by atoms with Gasteiger partial charge in [-0.15, -0.1) is 11.3 Å². The van der Waals surface area contributed by atoms with Gasteiger partial charge in [-0.3, -0.25) is 9.69 Å². The van der Waals surface area contributed by atoms with Crippen molar-refractivity contribution >= 4 is 17.2 Å². The van der Waals surface area contributed by atoms with Crippen molar-refractivity contribution in [3.8, 4) is 0 Å². The minimum atomic E-state index is -0.0976. The fourth-order valence-corrected chi connectivity index (χ4v) is 4.16. The quantitative estimate of drug-likeness (QED) is 0.900. The molecule has 7 heteroatoms. The average molecular weight is 333 g/mol. The summed E-state index contributed by atoms with van der Waals surface area (Å²) < 4.78 is 10.9. The Labute approximate surface area is 138 Å². The smallest absolute Gasteiger partial charge is 0.270 e. The van der Waals surface area contributed by atoms with Crippen molar-refractivity contribution in [1.29, 1.82) is 0 Å². The Kier molecular flexibility index (Phi) is 3.92. The number of likely N-dealkylation sites (tertiary alicyclic amines) is 1. The minimum Gasteiger partial charge on any atom is -0.472 e. The van der Waals surface area contributed by atoms with E-state index >= 15 is 0 Å². The molecule has 2 aliphatic rings. The van der Waals surface area contributed by atoms with Crippen LogP contribution in [0.2, 0.25) is 0 Å². The van der Waals surface area contributed by atoms with E-state index in [9.17, 15) is 4.79 Å². The van der Waals surface area contributed by atoms with Gasteiger partial charge in [0.2, 0.25) is 0 Å². The predicted molar refractivity (Wildman–Crippen MR) is 85.2 cm³/mol. The van der Waals surface area contributed by atoms with Gasteiger partial charge in [0.15, 0.2) is 0 Å². The minimum absolute atomic E-state index is 0.00934. The third-order valence-electron chi connectivity index (χ3n) is 4.84. The van der Waals surface area contributed by atoms with E-state index in [1.54, 1.807) is 23.4 Å². The SMILES string of the molecule is O=C(NC[C@@]12COC[C@@H]1CN(Cc1ccoc1)C2)c1cscn1. The molecule has 2 aromatic heterocycles. The van der Waals surface area contributed by atoms with Gasteiger partial charge in [-0.25, -0.2) is 4.98 Å². The Hall–Kier alpha value is -1.70. The Morgan fingerprint density at radius 3 is 3.30 bits per heavy atom. The fraction of sp³-hybridized carbons (Fsp3) is 0.500. The van der Waals surface area contributed by atoms with E-state index in [0.717, 1.165) is 26.2 Å². The van der Waals surface area contributed by atoms with Crippen molar-refractivity contribution in [2.24, 2.45) is 11.3 Å². The van der Waals surface area contributed by atoms with Gasteiger partial charge in [0.05, 0.1) is 31.3 Å². The van der Waals surface area contributed by atoms with Gasteiger partial charge in [0, 0.05) is 48.5 Å². The van der Waals surface area contributed by atoms with Crippen LogP contribution in [0.5, 0.6) is 0 Å². The van der Waals surface area contributed by atoms with Crippen molar-refractivity contribution in [1.82, 2.24) is 15.2 Å². The van der Waals surface area contributed by atoms with Crippen molar-refractivity contribution in [2.45, 2.75) is 6.54 Å². The normalized spacial score (nSPS) is 27.2.